The number of rotatable bonds is 0. The Kier molecular flexibility index (Phi) is 36.8. The van der Waals surface area contributed by atoms with Crippen LogP contribution >= 0.6 is 0 Å². The van der Waals surface area contributed by atoms with Crippen LogP contribution in [0.25, 0.3) is 0 Å². The van der Waals surface area contributed by atoms with E-state index in [-0.39, 0.29) is 0 Å². The molecule has 0 aliphatic rings. The first-order chi connectivity index (χ1) is 7.24. The van der Waals surface area contributed by atoms with E-state index in [4.69, 9.17) is 20.4 Å². The molecule has 2 N–H and O–H groups in total. The summed E-state index contributed by atoms with van der Waals surface area (Å²) in [4.78, 5) is 16.7. The van der Waals surface area contributed by atoms with Crippen molar-refractivity contribution in [1.82, 2.24) is 0 Å². The minimum absolute atomic E-state index is 0.750. The third kappa shape index (κ3) is 80.0. The highest BCUT2D eigenvalue weighted by molar-refractivity contribution is 5.26. The van der Waals surface area contributed by atoms with Gasteiger partial charge in [0.1, 0.15) is 0 Å². The highest BCUT2D eigenvalue weighted by Crippen LogP contribution is 1.79. The number of allylic oxidation sites excluding steroid dienone is 1. The number of hydrogen-bond donors (Lipinski definition) is 2. The molecule has 1 aromatic carbocycles. The van der Waals surface area contributed by atoms with E-state index in [9.17, 15) is 0 Å². The van der Waals surface area contributed by atoms with Crippen molar-refractivity contribution < 1.29 is 9.59 Å². The second-order valence-corrected chi connectivity index (χ2v) is 1.77. The summed E-state index contributed by atoms with van der Waals surface area (Å²) in [7, 11) is 0. The van der Waals surface area contributed by atoms with E-state index in [1.54, 1.807) is 6.08 Å². The zero-order chi connectivity index (χ0) is 12.4. The standard InChI is InChI=1S/C6H6.C3H6.2CHNO/c1-2-4-6-5-3-1;1-3-2;2*2-1-3/h1-6H;3H,1H2,2H3;2*2H. The van der Waals surface area contributed by atoms with Gasteiger partial charge in [-0.3, -0.25) is 0 Å². The van der Waals surface area contributed by atoms with Crippen LogP contribution in [0.1, 0.15) is 6.92 Å². The predicted octanol–water partition coefficient (Wildman–Crippen LogP) is 2.68. The van der Waals surface area contributed by atoms with Gasteiger partial charge in [-0.2, -0.15) is 0 Å². The van der Waals surface area contributed by atoms with Gasteiger partial charge in [-0.05, 0) is 6.92 Å². The summed E-state index contributed by atoms with van der Waals surface area (Å²) in [6, 6.07) is 12.0. The minimum Gasteiger partial charge on any atom is -0.222 e. The largest absolute Gasteiger partial charge is 0.231 e. The highest BCUT2D eigenvalue weighted by atomic mass is 16.1. The van der Waals surface area contributed by atoms with E-state index in [0.29, 0.717) is 0 Å². The van der Waals surface area contributed by atoms with E-state index in [1.807, 2.05) is 43.3 Å². The van der Waals surface area contributed by atoms with Crippen molar-refractivity contribution in [3.05, 3.63) is 49.1 Å². The Hall–Kier alpha value is -2.28. The molecule has 1 rings (SSSR count). The van der Waals surface area contributed by atoms with Crippen molar-refractivity contribution in [2.75, 3.05) is 0 Å². The smallest absolute Gasteiger partial charge is 0.222 e. The van der Waals surface area contributed by atoms with Gasteiger partial charge in [0.2, 0.25) is 12.2 Å². The molecular formula is C11H14N2O2. The van der Waals surface area contributed by atoms with Crippen LogP contribution in [0.15, 0.2) is 49.1 Å². The maximum Gasteiger partial charge on any atom is 0.231 e. The van der Waals surface area contributed by atoms with Gasteiger partial charge in [0, 0.05) is 0 Å². The lowest BCUT2D eigenvalue weighted by atomic mass is 10.4. The van der Waals surface area contributed by atoms with Gasteiger partial charge >= 0.3 is 0 Å². The van der Waals surface area contributed by atoms with Crippen molar-refractivity contribution in [3.8, 4) is 0 Å². The van der Waals surface area contributed by atoms with E-state index in [1.165, 1.54) is 0 Å². The van der Waals surface area contributed by atoms with E-state index in [0.717, 1.165) is 12.2 Å². The summed E-state index contributed by atoms with van der Waals surface area (Å²) in [6.07, 6.45) is 3.25. The molecule has 0 unspecified atom stereocenters. The Balaban J connectivity index is -0.000000140. The molecular weight excluding hydrogens is 192 g/mol. The first-order valence-electron chi connectivity index (χ1n) is 3.89. The van der Waals surface area contributed by atoms with Gasteiger partial charge in [0.15, 0.2) is 0 Å². The summed E-state index contributed by atoms with van der Waals surface area (Å²) in [5, 5.41) is 10.8. The molecule has 0 spiro atoms. The van der Waals surface area contributed by atoms with Crippen LogP contribution in [0.5, 0.6) is 0 Å². The van der Waals surface area contributed by atoms with Gasteiger partial charge in [-0.25, -0.2) is 20.4 Å². The molecule has 0 saturated heterocycles. The summed E-state index contributed by atoms with van der Waals surface area (Å²) >= 11 is 0. The van der Waals surface area contributed by atoms with Crippen LogP contribution in [0.3, 0.4) is 0 Å². The molecule has 0 heterocycles. The molecule has 0 aromatic heterocycles. The Morgan fingerprint density at radius 2 is 1.00 bits per heavy atom. The molecule has 0 aliphatic heterocycles. The SMILES string of the molecule is C=CC.N=C=O.N=C=O.c1ccccc1. The van der Waals surface area contributed by atoms with Gasteiger partial charge in [-0.15, -0.1) is 6.58 Å². The summed E-state index contributed by atoms with van der Waals surface area (Å²) in [6.45, 7) is 5.25. The van der Waals surface area contributed by atoms with Crippen LogP contribution in [-0.2, 0) is 9.59 Å². The fourth-order valence-electron chi connectivity index (χ4n) is 0.385. The molecule has 0 radical (unpaired) electrons. The fraction of sp³-hybridized carbons (Fsp3) is 0.0909. The number of carbonyl (C=O) groups excluding carboxylic acids is 2. The second-order valence-electron chi connectivity index (χ2n) is 1.77. The predicted molar refractivity (Wildman–Crippen MR) is 59.1 cm³/mol. The molecule has 1 aromatic rings. The van der Waals surface area contributed by atoms with Gasteiger partial charge in [0.25, 0.3) is 0 Å². The highest BCUT2D eigenvalue weighted by Gasteiger charge is 1.57. The lowest BCUT2D eigenvalue weighted by molar-refractivity contribution is 0.562. The molecule has 4 heteroatoms. The zero-order valence-electron chi connectivity index (χ0n) is 8.57. The lowest BCUT2D eigenvalue weighted by Crippen LogP contribution is -1.47. The van der Waals surface area contributed by atoms with Crippen molar-refractivity contribution >= 4 is 12.2 Å². The number of isocyanates is 2. The monoisotopic (exact) mass is 206 g/mol. The van der Waals surface area contributed by atoms with E-state index < -0.39 is 0 Å². The Labute approximate surface area is 89.3 Å². The molecule has 0 saturated carbocycles. The Morgan fingerprint density at radius 1 is 0.933 bits per heavy atom. The molecule has 4 nitrogen and oxygen atoms in total. The first-order valence-corrected chi connectivity index (χ1v) is 3.89. The third-order valence-electron chi connectivity index (χ3n) is 0.667. The van der Waals surface area contributed by atoms with Crippen molar-refractivity contribution in [3.63, 3.8) is 0 Å². The lowest BCUT2D eigenvalue weighted by Gasteiger charge is -1.69. The second kappa shape index (κ2) is 29.8. The fourth-order valence-corrected chi connectivity index (χ4v) is 0.385. The van der Waals surface area contributed by atoms with Gasteiger partial charge < -0.3 is 0 Å². The average molecular weight is 206 g/mol. The third-order valence-corrected chi connectivity index (χ3v) is 0.667. The van der Waals surface area contributed by atoms with E-state index >= 15 is 0 Å². The van der Waals surface area contributed by atoms with Gasteiger partial charge in [0.05, 0.1) is 0 Å². The normalized spacial score (nSPS) is 5.13. The molecule has 0 fully saturated rings. The topological polar surface area (TPSA) is 81.8 Å². The van der Waals surface area contributed by atoms with Gasteiger partial charge in [-0.1, -0.05) is 42.5 Å². The van der Waals surface area contributed by atoms with Crippen LogP contribution in [0.4, 0.5) is 0 Å². The Morgan fingerprint density at radius 3 is 1.07 bits per heavy atom. The maximum absolute atomic E-state index is 8.35. The van der Waals surface area contributed by atoms with E-state index in [2.05, 4.69) is 6.58 Å². The summed E-state index contributed by atoms with van der Waals surface area (Å²) in [5.74, 6) is 0. The van der Waals surface area contributed by atoms with Crippen LogP contribution in [-0.4, -0.2) is 12.2 Å². The average Bonchev–Trinajstić information content (AvgIpc) is 2.24. The molecule has 80 valence electrons. The number of nitrogens with one attached hydrogen (secondary N) is 2. The van der Waals surface area contributed by atoms with Crippen molar-refractivity contribution in [2.24, 2.45) is 0 Å². The van der Waals surface area contributed by atoms with Crippen LogP contribution in [0, 0.1) is 10.8 Å². The maximum atomic E-state index is 8.35. The Bertz CT molecular complexity index is 233. The zero-order valence-corrected chi connectivity index (χ0v) is 8.57. The minimum atomic E-state index is 0.750. The number of benzene rings is 1. The quantitative estimate of drug-likeness (QED) is 0.388. The molecule has 0 bridgehead atoms. The summed E-state index contributed by atoms with van der Waals surface area (Å²) < 4.78 is 0. The first kappa shape index (κ1) is 18.5. The summed E-state index contributed by atoms with van der Waals surface area (Å²) in [5.41, 5.74) is 0. The molecule has 0 aliphatic carbocycles. The molecule has 15 heavy (non-hydrogen) atoms. The van der Waals surface area contributed by atoms with Crippen LogP contribution in [0.2, 0.25) is 0 Å². The van der Waals surface area contributed by atoms with Crippen LogP contribution < -0.4 is 0 Å². The van der Waals surface area contributed by atoms with Crippen molar-refractivity contribution in [1.29, 1.82) is 10.8 Å². The number of hydrogen-bond acceptors (Lipinski definition) is 4. The molecule has 0 atom stereocenters. The molecule has 0 amide bonds. The van der Waals surface area contributed by atoms with Crippen molar-refractivity contribution in [2.45, 2.75) is 6.92 Å².